The largest absolute Gasteiger partial charge is 0.492 e. The quantitative estimate of drug-likeness (QED) is 0.761. The van der Waals surface area contributed by atoms with E-state index in [1.807, 2.05) is 49.5 Å². The molecule has 0 aliphatic carbocycles. The van der Waals surface area contributed by atoms with Gasteiger partial charge in [0.1, 0.15) is 5.75 Å². The predicted molar refractivity (Wildman–Crippen MR) is 88.7 cm³/mol. The molecule has 1 aromatic carbocycles. The lowest BCUT2D eigenvalue weighted by atomic mass is 10.2. The van der Waals surface area contributed by atoms with Crippen LogP contribution in [0.3, 0.4) is 0 Å². The van der Waals surface area contributed by atoms with Gasteiger partial charge in [0.25, 0.3) is 0 Å². The van der Waals surface area contributed by atoms with Gasteiger partial charge in [-0.2, -0.15) is 5.10 Å². The van der Waals surface area contributed by atoms with Gasteiger partial charge in [-0.25, -0.2) is 9.31 Å². The van der Waals surface area contributed by atoms with Gasteiger partial charge < -0.3 is 15.4 Å². The Morgan fingerprint density at radius 1 is 1.22 bits per heavy atom. The summed E-state index contributed by atoms with van der Waals surface area (Å²) in [5.41, 5.74) is 2.58. The maximum Gasteiger partial charge on any atom is 0.319 e. The number of rotatable bonds is 5. The topological polar surface area (TPSA) is 67.7 Å². The van der Waals surface area contributed by atoms with Crippen LogP contribution in [-0.2, 0) is 6.54 Å². The highest BCUT2D eigenvalue weighted by Gasteiger charge is 2.08. The Hall–Kier alpha value is -3.02. The highest BCUT2D eigenvalue weighted by Crippen LogP contribution is 2.23. The molecule has 2 amide bonds. The maximum absolute atomic E-state index is 12.1. The number of urea groups is 1. The van der Waals surface area contributed by atoms with E-state index < -0.39 is 0 Å². The van der Waals surface area contributed by atoms with Crippen molar-refractivity contribution < 1.29 is 9.53 Å². The molecular formula is C17H18N4O2. The molecule has 0 aliphatic heterocycles. The second-order valence-electron chi connectivity index (χ2n) is 4.94. The van der Waals surface area contributed by atoms with Gasteiger partial charge in [-0.15, -0.1) is 0 Å². The Morgan fingerprint density at radius 2 is 2.04 bits per heavy atom. The van der Waals surface area contributed by atoms with E-state index >= 15 is 0 Å². The zero-order valence-electron chi connectivity index (χ0n) is 12.8. The number of benzene rings is 1. The summed E-state index contributed by atoms with van der Waals surface area (Å²) < 4.78 is 7.27. The van der Waals surface area contributed by atoms with Gasteiger partial charge in [-0.05, 0) is 31.2 Å². The van der Waals surface area contributed by atoms with Crippen LogP contribution in [-0.4, -0.2) is 22.3 Å². The summed E-state index contributed by atoms with van der Waals surface area (Å²) >= 11 is 0. The number of anilines is 1. The van der Waals surface area contributed by atoms with Crippen molar-refractivity contribution in [3.63, 3.8) is 0 Å². The number of nitrogens with zero attached hydrogens (tertiary/aromatic N) is 2. The zero-order chi connectivity index (χ0) is 16.1. The standard InChI is InChI=1S/C17H18N4O2/c1-2-23-16-9-4-3-7-14(16)20-17(22)18-11-13-12-19-21-10-6-5-8-15(13)21/h3-10,12H,2,11H2,1H3,(H2,18,20,22). The van der Waals surface area contributed by atoms with Crippen LogP contribution in [0.2, 0.25) is 0 Å². The fourth-order valence-electron chi connectivity index (χ4n) is 2.32. The fraction of sp³-hybridized carbons (Fsp3) is 0.176. The van der Waals surface area contributed by atoms with Crippen LogP contribution >= 0.6 is 0 Å². The van der Waals surface area contributed by atoms with E-state index in [1.54, 1.807) is 16.8 Å². The van der Waals surface area contributed by atoms with Gasteiger partial charge >= 0.3 is 6.03 Å². The number of amides is 2. The molecular weight excluding hydrogens is 292 g/mol. The van der Waals surface area contributed by atoms with E-state index in [-0.39, 0.29) is 6.03 Å². The van der Waals surface area contributed by atoms with Crippen molar-refractivity contribution in [2.24, 2.45) is 0 Å². The Bertz CT molecular complexity index is 813. The molecule has 0 fully saturated rings. The molecule has 118 valence electrons. The second kappa shape index (κ2) is 6.83. The zero-order valence-corrected chi connectivity index (χ0v) is 12.8. The first-order chi connectivity index (χ1) is 11.3. The first-order valence-electron chi connectivity index (χ1n) is 7.46. The van der Waals surface area contributed by atoms with Crippen molar-refractivity contribution in [2.45, 2.75) is 13.5 Å². The smallest absolute Gasteiger partial charge is 0.319 e. The van der Waals surface area contributed by atoms with Crippen LogP contribution in [0.15, 0.2) is 54.9 Å². The lowest BCUT2D eigenvalue weighted by Crippen LogP contribution is -2.28. The van der Waals surface area contributed by atoms with Crippen molar-refractivity contribution in [3.8, 4) is 5.75 Å². The van der Waals surface area contributed by atoms with E-state index in [1.165, 1.54) is 0 Å². The first kappa shape index (κ1) is 14.9. The van der Waals surface area contributed by atoms with Gasteiger partial charge in [0.2, 0.25) is 0 Å². The average Bonchev–Trinajstić information content (AvgIpc) is 2.98. The molecule has 0 spiro atoms. The van der Waals surface area contributed by atoms with Gasteiger partial charge in [0.15, 0.2) is 0 Å². The molecule has 0 aliphatic rings. The summed E-state index contributed by atoms with van der Waals surface area (Å²) in [4.78, 5) is 12.1. The number of fused-ring (bicyclic) bond motifs is 1. The predicted octanol–water partition coefficient (Wildman–Crippen LogP) is 3.05. The summed E-state index contributed by atoms with van der Waals surface area (Å²) in [7, 11) is 0. The first-order valence-corrected chi connectivity index (χ1v) is 7.46. The number of hydrogen-bond acceptors (Lipinski definition) is 3. The maximum atomic E-state index is 12.1. The van der Waals surface area contributed by atoms with Gasteiger partial charge in [-0.1, -0.05) is 18.2 Å². The van der Waals surface area contributed by atoms with Crippen molar-refractivity contribution >= 4 is 17.2 Å². The molecule has 0 bridgehead atoms. The molecule has 0 atom stereocenters. The number of para-hydroxylation sites is 2. The van der Waals surface area contributed by atoms with Crippen molar-refractivity contribution in [1.82, 2.24) is 14.9 Å². The monoisotopic (exact) mass is 310 g/mol. The lowest BCUT2D eigenvalue weighted by Gasteiger charge is -2.11. The summed E-state index contributed by atoms with van der Waals surface area (Å²) in [6.07, 6.45) is 3.63. The molecule has 0 saturated heterocycles. The van der Waals surface area contributed by atoms with E-state index in [2.05, 4.69) is 15.7 Å². The highest BCUT2D eigenvalue weighted by molar-refractivity contribution is 5.90. The third-order valence-corrected chi connectivity index (χ3v) is 3.38. The average molecular weight is 310 g/mol. The molecule has 2 aromatic heterocycles. The van der Waals surface area contributed by atoms with Crippen molar-refractivity contribution in [3.05, 3.63) is 60.4 Å². The normalized spacial score (nSPS) is 10.5. The molecule has 0 saturated carbocycles. The molecule has 6 heteroatoms. The van der Waals surface area contributed by atoms with E-state index in [0.717, 1.165) is 11.1 Å². The van der Waals surface area contributed by atoms with Crippen LogP contribution < -0.4 is 15.4 Å². The molecule has 3 aromatic rings. The van der Waals surface area contributed by atoms with Crippen molar-refractivity contribution in [1.29, 1.82) is 0 Å². The van der Waals surface area contributed by atoms with Gasteiger partial charge in [0, 0.05) is 18.3 Å². The Morgan fingerprint density at radius 3 is 2.91 bits per heavy atom. The molecule has 23 heavy (non-hydrogen) atoms. The number of nitrogens with one attached hydrogen (secondary N) is 2. The highest BCUT2D eigenvalue weighted by atomic mass is 16.5. The molecule has 0 unspecified atom stereocenters. The van der Waals surface area contributed by atoms with Crippen LogP contribution in [0.1, 0.15) is 12.5 Å². The summed E-state index contributed by atoms with van der Waals surface area (Å²) in [6, 6.07) is 12.9. The van der Waals surface area contributed by atoms with Gasteiger partial charge in [0.05, 0.1) is 24.0 Å². The number of carbonyl (C=O) groups is 1. The Labute approximate surface area is 134 Å². The van der Waals surface area contributed by atoms with E-state index in [9.17, 15) is 4.79 Å². The molecule has 0 radical (unpaired) electrons. The van der Waals surface area contributed by atoms with E-state index in [0.29, 0.717) is 24.6 Å². The molecule has 3 rings (SSSR count). The number of carbonyl (C=O) groups excluding carboxylic acids is 1. The summed E-state index contributed by atoms with van der Waals surface area (Å²) in [6.45, 7) is 2.85. The molecule has 2 N–H and O–H groups in total. The second-order valence-corrected chi connectivity index (χ2v) is 4.94. The summed E-state index contributed by atoms with van der Waals surface area (Å²) in [5.74, 6) is 0.654. The minimum atomic E-state index is -0.285. The molecule has 2 heterocycles. The van der Waals surface area contributed by atoms with Crippen molar-refractivity contribution in [2.75, 3.05) is 11.9 Å². The van der Waals surface area contributed by atoms with Crippen LogP contribution in [0.4, 0.5) is 10.5 Å². The lowest BCUT2D eigenvalue weighted by molar-refractivity contribution is 0.251. The fourth-order valence-corrected chi connectivity index (χ4v) is 2.32. The van der Waals surface area contributed by atoms with Crippen LogP contribution in [0.5, 0.6) is 5.75 Å². The van der Waals surface area contributed by atoms with Gasteiger partial charge in [-0.3, -0.25) is 0 Å². The van der Waals surface area contributed by atoms with Crippen LogP contribution in [0.25, 0.3) is 5.52 Å². The van der Waals surface area contributed by atoms with Crippen LogP contribution in [0, 0.1) is 0 Å². The minimum absolute atomic E-state index is 0.285. The SMILES string of the molecule is CCOc1ccccc1NC(=O)NCc1cnn2ccccc12. The van der Waals surface area contributed by atoms with E-state index in [4.69, 9.17) is 4.74 Å². The molecule has 6 nitrogen and oxygen atoms in total. The number of pyridine rings is 1. The minimum Gasteiger partial charge on any atom is -0.492 e. The Balaban J connectivity index is 1.64. The Kier molecular flexibility index (Phi) is 4.42. The number of aromatic nitrogens is 2. The number of hydrogen-bond donors (Lipinski definition) is 2. The third-order valence-electron chi connectivity index (χ3n) is 3.38. The summed E-state index contributed by atoms with van der Waals surface area (Å²) in [5, 5.41) is 9.88. The third kappa shape index (κ3) is 3.42. The number of ether oxygens (including phenoxy) is 1.